The van der Waals surface area contributed by atoms with E-state index >= 15 is 0 Å². The monoisotopic (exact) mass is 466 g/mol. The van der Waals surface area contributed by atoms with Gasteiger partial charge in [0.15, 0.2) is 12.2 Å². The zero-order valence-electron chi connectivity index (χ0n) is 15.8. The van der Waals surface area contributed by atoms with Crippen LogP contribution in [0.1, 0.15) is 12.5 Å². The summed E-state index contributed by atoms with van der Waals surface area (Å²) in [6.07, 6.45) is -2.21. The molecule has 0 saturated carbocycles. The van der Waals surface area contributed by atoms with Gasteiger partial charge in [-0.25, -0.2) is 9.79 Å². The first-order valence-electron chi connectivity index (χ1n) is 8.43. The summed E-state index contributed by atoms with van der Waals surface area (Å²) in [6.45, 7) is 0.943. The Morgan fingerprint density at radius 2 is 1.87 bits per heavy atom. The maximum Gasteiger partial charge on any atom is 0.510 e. The van der Waals surface area contributed by atoms with E-state index in [1.807, 2.05) is 0 Å². The van der Waals surface area contributed by atoms with Gasteiger partial charge >= 0.3 is 6.16 Å². The van der Waals surface area contributed by atoms with Gasteiger partial charge in [-0.2, -0.15) is 0 Å². The molecule has 14 heteroatoms. The van der Waals surface area contributed by atoms with E-state index in [9.17, 15) is 19.7 Å². The van der Waals surface area contributed by atoms with Crippen LogP contribution in [0.2, 0.25) is 10.0 Å². The molecule has 0 aromatic heterocycles. The van der Waals surface area contributed by atoms with Gasteiger partial charge in [0, 0.05) is 10.0 Å². The van der Waals surface area contributed by atoms with E-state index in [-0.39, 0.29) is 38.8 Å². The lowest BCUT2D eigenvalue weighted by atomic mass is 10.1. The molecule has 0 bridgehead atoms. The number of guanidine groups is 1. The first-order valence-corrected chi connectivity index (χ1v) is 9.19. The molecule has 12 nitrogen and oxygen atoms in total. The number of amides is 1. The first-order chi connectivity index (χ1) is 14.2. The summed E-state index contributed by atoms with van der Waals surface area (Å²) in [4.78, 5) is 41.3. The number of rotatable bonds is 11. The Balaban J connectivity index is 2.31. The average Bonchev–Trinajstić information content (AvgIpc) is 2.63. The lowest BCUT2D eigenvalue weighted by Gasteiger charge is -2.11. The van der Waals surface area contributed by atoms with Crippen molar-refractivity contribution >= 4 is 41.2 Å². The molecule has 1 atom stereocenters. The van der Waals surface area contributed by atoms with Crippen molar-refractivity contribution in [2.45, 2.75) is 19.6 Å². The molecule has 3 N–H and O–H groups in total. The molecule has 1 rings (SSSR count). The fourth-order valence-electron chi connectivity index (χ4n) is 1.93. The lowest BCUT2D eigenvalue weighted by Crippen LogP contribution is -2.39. The van der Waals surface area contributed by atoms with Gasteiger partial charge in [0.05, 0.1) is 19.6 Å². The Bertz CT molecular complexity index is 757. The number of nitrogens with zero attached hydrogens (tertiary/aromatic N) is 2. The topological polar surface area (TPSA) is 165 Å². The summed E-state index contributed by atoms with van der Waals surface area (Å²) in [5.41, 5.74) is 6.05. The SMILES string of the molecule is CC(N=C(N)NC(=O)Cc1c(Cl)cccc1Cl)OC(=O)OCCOCCO[N+](=O)[O-]. The highest BCUT2D eigenvalue weighted by molar-refractivity contribution is 6.36. The Morgan fingerprint density at radius 3 is 2.50 bits per heavy atom. The van der Waals surface area contributed by atoms with E-state index in [0.29, 0.717) is 15.6 Å². The van der Waals surface area contributed by atoms with E-state index in [4.69, 9.17) is 43.1 Å². The molecule has 1 amide bonds. The summed E-state index contributed by atoms with van der Waals surface area (Å²) in [7, 11) is 0. The maximum atomic E-state index is 12.0. The molecule has 166 valence electrons. The van der Waals surface area contributed by atoms with Crippen molar-refractivity contribution in [3.8, 4) is 0 Å². The highest BCUT2D eigenvalue weighted by Crippen LogP contribution is 2.24. The molecule has 1 aromatic rings. The molecule has 0 fully saturated rings. The van der Waals surface area contributed by atoms with Gasteiger partial charge in [-0.15, -0.1) is 10.1 Å². The number of aliphatic imine (C=N–C) groups is 1. The largest absolute Gasteiger partial charge is 0.510 e. The first kappa shape index (κ1) is 25.2. The summed E-state index contributed by atoms with van der Waals surface area (Å²) in [6, 6.07) is 4.85. The molecule has 0 heterocycles. The molecular weight excluding hydrogens is 447 g/mol. The number of nitrogens with one attached hydrogen (secondary N) is 1. The van der Waals surface area contributed by atoms with Crippen molar-refractivity contribution in [3.63, 3.8) is 0 Å². The number of hydrogen-bond donors (Lipinski definition) is 2. The minimum Gasteiger partial charge on any atom is -0.432 e. The van der Waals surface area contributed by atoms with Gasteiger partial charge in [-0.1, -0.05) is 29.3 Å². The summed E-state index contributed by atoms with van der Waals surface area (Å²) < 4.78 is 14.5. The number of halogens is 2. The van der Waals surface area contributed by atoms with Crippen molar-refractivity contribution in [1.29, 1.82) is 0 Å². The number of hydrogen-bond acceptors (Lipinski definition) is 9. The molecule has 0 aliphatic carbocycles. The number of benzene rings is 1. The van der Waals surface area contributed by atoms with Crippen molar-refractivity contribution in [2.24, 2.45) is 10.7 Å². The number of carbonyl (C=O) groups is 2. The standard InChI is InChI=1S/C16H20Cl2N4O8/c1-10(30-16(24)28-7-5-27-6-8-29-22(25)26)20-15(19)21-14(23)9-11-12(17)3-2-4-13(11)18/h2-4,10H,5-9H2,1H3,(H3,19,20,21,23). The van der Waals surface area contributed by atoms with E-state index in [1.54, 1.807) is 18.2 Å². The third kappa shape index (κ3) is 10.6. The van der Waals surface area contributed by atoms with Crippen molar-refractivity contribution in [1.82, 2.24) is 5.32 Å². The molecule has 0 aliphatic rings. The molecule has 0 aliphatic heterocycles. The van der Waals surface area contributed by atoms with Crippen LogP contribution in [-0.4, -0.2) is 55.8 Å². The molecule has 0 radical (unpaired) electrons. The van der Waals surface area contributed by atoms with E-state index in [1.165, 1.54) is 6.92 Å². The third-order valence-electron chi connectivity index (χ3n) is 3.13. The molecule has 0 saturated heterocycles. The Morgan fingerprint density at radius 1 is 1.23 bits per heavy atom. The second-order valence-corrected chi connectivity index (χ2v) is 6.24. The molecule has 0 spiro atoms. The van der Waals surface area contributed by atoms with Gasteiger partial charge in [0.2, 0.25) is 5.91 Å². The maximum absolute atomic E-state index is 12.0. The molecular formula is C16H20Cl2N4O8. The fraction of sp³-hybridized carbons (Fsp3) is 0.438. The minimum absolute atomic E-state index is 0.0172. The van der Waals surface area contributed by atoms with Crippen molar-refractivity contribution < 1.29 is 33.7 Å². The second kappa shape index (κ2) is 13.4. The van der Waals surface area contributed by atoms with E-state index < -0.39 is 23.4 Å². The predicted molar refractivity (Wildman–Crippen MR) is 106 cm³/mol. The summed E-state index contributed by atoms with van der Waals surface area (Å²) in [5.74, 6) is -0.795. The normalized spacial score (nSPS) is 12.0. The van der Waals surface area contributed by atoms with Gasteiger partial charge in [-0.3, -0.25) is 10.1 Å². The average molecular weight is 467 g/mol. The number of carbonyl (C=O) groups excluding carboxylic acids is 2. The Hall–Kier alpha value is -2.83. The van der Waals surface area contributed by atoms with Crippen LogP contribution in [0.3, 0.4) is 0 Å². The van der Waals surface area contributed by atoms with Crippen molar-refractivity contribution in [2.75, 3.05) is 26.4 Å². The highest BCUT2D eigenvalue weighted by Gasteiger charge is 2.13. The minimum atomic E-state index is -1.05. The van der Waals surface area contributed by atoms with Crippen LogP contribution in [0.4, 0.5) is 4.79 Å². The molecule has 30 heavy (non-hydrogen) atoms. The van der Waals surface area contributed by atoms with Crippen LogP contribution in [0.25, 0.3) is 0 Å². The van der Waals surface area contributed by atoms with Crippen LogP contribution >= 0.6 is 23.2 Å². The lowest BCUT2D eigenvalue weighted by molar-refractivity contribution is -0.758. The van der Waals surface area contributed by atoms with Crippen LogP contribution < -0.4 is 11.1 Å². The highest BCUT2D eigenvalue weighted by atomic mass is 35.5. The van der Waals surface area contributed by atoms with E-state index in [2.05, 4.69) is 15.1 Å². The fourth-order valence-corrected chi connectivity index (χ4v) is 2.46. The second-order valence-electron chi connectivity index (χ2n) is 5.42. The summed E-state index contributed by atoms with van der Waals surface area (Å²) >= 11 is 12.0. The number of nitrogens with two attached hydrogens (primary N) is 1. The zero-order valence-corrected chi connectivity index (χ0v) is 17.4. The van der Waals surface area contributed by atoms with E-state index in [0.717, 1.165) is 0 Å². The van der Waals surface area contributed by atoms with Crippen molar-refractivity contribution in [3.05, 3.63) is 43.9 Å². The number of ether oxygens (including phenoxy) is 3. The smallest absolute Gasteiger partial charge is 0.432 e. The zero-order chi connectivity index (χ0) is 22.5. The summed E-state index contributed by atoms with van der Waals surface area (Å²) in [5, 5.41) is 12.0. The quantitative estimate of drug-likeness (QED) is 0.123. The van der Waals surface area contributed by atoms with Gasteiger partial charge in [0.25, 0.3) is 5.09 Å². The Kier molecular flexibility index (Phi) is 11.3. The van der Waals surface area contributed by atoms with Gasteiger partial charge in [-0.05, 0) is 24.6 Å². The molecule has 1 unspecified atom stereocenters. The third-order valence-corrected chi connectivity index (χ3v) is 3.83. The van der Waals surface area contributed by atoms with Gasteiger partial charge < -0.3 is 24.8 Å². The van der Waals surface area contributed by atoms with Gasteiger partial charge in [0.1, 0.15) is 13.2 Å². The predicted octanol–water partition coefficient (Wildman–Crippen LogP) is 1.69. The van der Waals surface area contributed by atoms with Crippen LogP contribution in [-0.2, 0) is 30.3 Å². The van der Waals surface area contributed by atoms with Crippen LogP contribution in [0.5, 0.6) is 0 Å². The Labute approximate surface area is 181 Å². The van der Waals surface area contributed by atoms with Crippen LogP contribution in [0.15, 0.2) is 23.2 Å². The molecule has 1 aromatic carbocycles. The van der Waals surface area contributed by atoms with Crippen LogP contribution in [0, 0.1) is 10.1 Å².